The molecule has 0 aliphatic carbocycles. The zero-order valence-electron chi connectivity index (χ0n) is 7.78. The third-order valence-corrected chi connectivity index (χ3v) is 1.71. The second kappa shape index (κ2) is 4.50. The summed E-state index contributed by atoms with van der Waals surface area (Å²) in [4.78, 5) is 11.7. The average molecular weight is 178 g/mol. The van der Waals surface area contributed by atoms with Gasteiger partial charge in [-0.2, -0.15) is 0 Å². The molecule has 0 heterocycles. The average Bonchev–Trinajstić information content (AvgIpc) is 2.18. The Bertz CT molecular complexity index is 286. The molecule has 0 unspecified atom stereocenters. The van der Waals surface area contributed by atoms with Crippen LogP contribution in [0.5, 0.6) is 5.75 Å². The van der Waals surface area contributed by atoms with Gasteiger partial charge in [0, 0.05) is 13.6 Å². The Hall–Kier alpha value is -1.51. The Balaban J connectivity index is 2.71. The van der Waals surface area contributed by atoms with Crippen LogP contribution in [0.4, 0.5) is 0 Å². The largest absolute Gasteiger partial charge is 0.497 e. The maximum Gasteiger partial charge on any atom is 0.312 e. The molecular weight excluding hydrogens is 166 g/mol. The van der Waals surface area contributed by atoms with Crippen LogP contribution in [-0.4, -0.2) is 25.5 Å². The van der Waals surface area contributed by atoms with Gasteiger partial charge in [0.1, 0.15) is 5.75 Å². The SMILES string of the molecule is COc1cccc(CN(C)[C]=O)c1. The molecule has 0 atom stereocenters. The van der Waals surface area contributed by atoms with Gasteiger partial charge in [-0.3, -0.25) is 4.79 Å². The molecule has 3 nitrogen and oxygen atoms in total. The van der Waals surface area contributed by atoms with Crippen LogP contribution < -0.4 is 4.74 Å². The molecule has 1 amide bonds. The molecule has 3 heteroatoms. The number of methoxy groups -OCH3 is 1. The lowest BCUT2D eigenvalue weighted by atomic mass is 10.2. The maximum atomic E-state index is 10.2. The van der Waals surface area contributed by atoms with Crippen molar-refractivity contribution < 1.29 is 9.53 Å². The zero-order chi connectivity index (χ0) is 9.68. The fourth-order valence-electron chi connectivity index (χ4n) is 1.08. The molecule has 13 heavy (non-hydrogen) atoms. The van der Waals surface area contributed by atoms with E-state index in [0.717, 1.165) is 11.3 Å². The number of hydrogen-bond donors (Lipinski definition) is 0. The molecule has 0 N–H and O–H groups in total. The number of benzene rings is 1. The van der Waals surface area contributed by atoms with Crippen LogP contribution in [0.15, 0.2) is 24.3 Å². The van der Waals surface area contributed by atoms with E-state index in [1.54, 1.807) is 20.6 Å². The van der Waals surface area contributed by atoms with Crippen molar-refractivity contribution in [2.45, 2.75) is 6.54 Å². The van der Waals surface area contributed by atoms with E-state index in [4.69, 9.17) is 4.74 Å². The Labute approximate surface area is 77.9 Å². The smallest absolute Gasteiger partial charge is 0.312 e. The Kier molecular flexibility index (Phi) is 3.31. The fourth-order valence-corrected chi connectivity index (χ4v) is 1.08. The second-order valence-corrected chi connectivity index (χ2v) is 2.80. The summed E-state index contributed by atoms with van der Waals surface area (Å²) in [5.41, 5.74) is 1.03. The highest BCUT2D eigenvalue weighted by atomic mass is 16.5. The molecule has 0 spiro atoms. The van der Waals surface area contributed by atoms with Crippen molar-refractivity contribution in [1.82, 2.24) is 4.90 Å². The van der Waals surface area contributed by atoms with E-state index in [2.05, 4.69) is 0 Å². The number of amides is 1. The highest BCUT2D eigenvalue weighted by Gasteiger charge is 1.98. The van der Waals surface area contributed by atoms with Crippen molar-refractivity contribution in [1.29, 1.82) is 0 Å². The van der Waals surface area contributed by atoms with E-state index in [0.29, 0.717) is 6.54 Å². The molecule has 0 aliphatic heterocycles. The van der Waals surface area contributed by atoms with Crippen LogP contribution in [0.2, 0.25) is 0 Å². The van der Waals surface area contributed by atoms with Gasteiger partial charge in [-0.05, 0) is 17.7 Å². The van der Waals surface area contributed by atoms with Crippen molar-refractivity contribution in [3.05, 3.63) is 29.8 Å². The van der Waals surface area contributed by atoms with Crippen LogP contribution >= 0.6 is 0 Å². The predicted octanol–water partition coefficient (Wildman–Crippen LogP) is 1.19. The van der Waals surface area contributed by atoms with Crippen molar-refractivity contribution in [2.24, 2.45) is 0 Å². The lowest BCUT2D eigenvalue weighted by molar-refractivity contribution is 0.409. The van der Waals surface area contributed by atoms with Gasteiger partial charge < -0.3 is 9.64 Å². The summed E-state index contributed by atoms with van der Waals surface area (Å²) < 4.78 is 5.05. The molecular formula is C10H12NO2. The molecule has 0 aromatic heterocycles. The lowest BCUT2D eigenvalue weighted by Crippen LogP contribution is -2.14. The zero-order valence-corrected chi connectivity index (χ0v) is 7.78. The summed E-state index contributed by atoms with van der Waals surface area (Å²) in [6.45, 7) is 0.556. The van der Waals surface area contributed by atoms with Gasteiger partial charge in [-0.15, -0.1) is 0 Å². The van der Waals surface area contributed by atoms with Crippen LogP contribution in [0.1, 0.15) is 5.56 Å². The number of rotatable bonds is 4. The van der Waals surface area contributed by atoms with Crippen molar-refractivity contribution in [3.63, 3.8) is 0 Å². The first-order chi connectivity index (χ1) is 6.26. The quantitative estimate of drug-likeness (QED) is 0.648. The summed E-state index contributed by atoms with van der Waals surface area (Å²) in [5, 5.41) is 0. The second-order valence-electron chi connectivity index (χ2n) is 2.80. The van der Waals surface area contributed by atoms with Gasteiger partial charge in [0.25, 0.3) is 0 Å². The summed E-state index contributed by atoms with van der Waals surface area (Å²) >= 11 is 0. The molecule has 0 saturated carbocycles. The number of carbonyl (C=O) groups excluding carboxylic acids is 1. The minimum absolute atomic E-state index is 0.556. The van der Waals surface area contributed by atoms with Gasteiger partial charge in [0.15, 0.2) is 0 Å². The minimum atomic E-state index is 0.556. The Morgan fingerprint density at radius 1 is 1.54 bits per heavy atom. The highest BCUT2D eigenvalue weighted by Crippen LogP contribution is 2.13. The Morgan fingerprint density at radius 3 is 2.92 bits per heavy atom. The highest BCUT2D eigenvalue weighted by molar-refractivity contribution is 5.47. The molecule has 69 valence electrons. The summed E-state index contributed by atoms with van der Waals surface area (Å²) in [6, 6.07) is 7.60. The van der Waals surface area contributed by atoms with Gasteiger partial charge in [-0.25, -0.2) is 0 Å². The van der Waals surface area contributed by atoms with Crippen LogP contribution in [-0.2, 0) is 11.3 Å². The van der Waals surface area contributed by atoms with Crippen molar-refractivity contribution in [3.8, 4) is 5.75 Å². The molecule has 0 aliphatic rings. The Morgan fingerprint density at radius 2 is 2.31 bits per heavy atom. The number of ether oxygens (including phenoxy) is 1. The van der Waals surface area contributed by atoms with E-state index in [-0.39, 0.29) is 0 Å². The lowest BCUT2D eigenvalue weighted by Gasteiger charge is -2.09. The van der Waals surface area contributed by atoms with E-state index in [1.807, 2.05) is 24.3 Å². The molecule has 1 aromatic rings. The number of nitrogens with zero attached hydrogens (tertiary/aromatic N) is 1. The van der Waals surface area contributed by atoms with Crippen molar-refractivity contribution >= 4 is 6.41 Å². The topological polar surface area (TPSA) is 29.5 Å². The molecule has 0 bridgehead atoms. The van der Waals surface area contributed by atoms with Crippen LogP contribution in [0.25, 0.3) is 0 Å². The minimum Gasteiger partial charge on any atom is -0.497 e. The first kappa shape index (κ1) is 9.58. The summed E-state index contributed by atoms with van der Waals surface area (Å²) in [7, 11) is 3.31. The van der Waals surface area contributed by atoms with E-state index in [1.165, 1.54) is 4.90 Å². The summed E-state index contributed by atoms with van der Waals surface area (Å²) in [6.07, 6.45) is 1.79. The third-order valence-electron chi connectivity index (χ3n) is 1.71. The maximum absolute atomic E-state index is 10.2. The van der Waals surface area contributed by atoms with Crippen molar-refractivity contribution in [2.75, 3.05) is 14.2 Å². The molecule has 0 fully saturated rings. The molecule has 1 aromatic carbocycles. The van der Waals surface area contributed by atoms with E-state index in [9.17, 15) is 4.79 Å². The first-order valence-corrected chi connectivity index (χ1v) is 3.98. The van der Waals surface area contributed by atoms with Crippen LogP contribution in [0.3, 0.4) is 0 Å². The molecule has 1 radical (unpaired) electrons. The first-order valence-electron chi connectivity index (χ1n) is 3.98. The van der Waals surface area contributed by atoms with Gasteiger partial charge in [0.2, 0.25) is 0 Å². The fraction of sp³-hybridized carbons (Fsp3) is 0.300. The summed E-state index contributed by atoms with van der Waals surface area (Å²) in [5.74, 6) is 0.803. The van der Waals surface area contributed by atoms with E-state index >= 15 is 0 Å². The third kappa shape index (κ3) is 2.78. The molecule has 1 rings (SSSR count). The normalized spacial score (nSPS) is 9.38. The standard InChI is InChI=1S/C10H12NO2/c1-11(8-12)7-9-4-3-5-10(6-9)13-2/h3-6H,7H2,1-2H3. The van der Waals surface area contributed by atoms with Crippen LogP contribution in [0, 0.1) is 0 Å². The molecule has 0 saturated heterocycles. The number of hydrogen-bond acceptors (Lipinski definition) is 2. The van der Waals surface area contributed by atoms with E-state index < -0.39 is 0 Å². The predicted molar refractivity (Wildman–Crippen MR) is 50.2 cm³/mol. The van der Waals surface area contributed by atoms with Gasteiger partial charge in [0.05, 0.1) is 7.11 Å². The monoisotopic (exact) mass is 178 g/mol. The van der Waals surface area contributed by atoms with Gasteiger partial charge in [-0.1, -0.05) is 12.1 Å². The van der Waals surface area contributed by atoms with Gasteiger partial charge >= 0.3 is 6.41 Å².